The van der Waals surface area contributed by atoms with Crippen molar-refractivity contribution in [3.8, 4) is 0 Å². The molecule has 34 heavy (non-hydrogen) atoms. The lowest BCUT2D eigenvalue weighted by Crippen LogP contribution is -2.33. The van der Waals surface area contributed by atoms with Crippen LogP contribution in [0.5, 0.6) is 0 Å². The minimum Gasteiger partial charge on any atom is -0.365 e. The molecule has 0 radical (unpaired) electrons. The summed E-state index contributed by atoms with van der Waals surface area (Å²) in [5.74, 6) is -0.973. The molecule has 0 atom stereocenters. The third kappa shape index (κ3) is 4.20. The van der Waals surface area contributed by atoms with Crippen molar-refractivity contribution in [1.29, 1.82) is 0 Å². The normalized spacial score (nSPS) is 11.1. The van der Waals surface area contributed by atoms with E-state index in [1.54, 1.807) is 35.3 Å². The number of fused-ring (bicyclic) bond motifs is 2. The molecule has 0 saturated heterocycles. The van der Waals surface area contributed by atoms with Crippen molar-refractivity contribution in [2.75, 3.05) is 11.9 Å². The molecule has 5 rings (SSSR count). The third-order valence-corrected chi connectivity index (χ3v) is 5.46. The van der Waals surface area contributed by atoms with Crippen molar-refractivity contribution >= 4 is 39.4 Å². The van der Waals surface area contributed by atoms with Crippen LogP contribution in [-0.2, 0) is 17.9 Å². The Morgan fingerprint density at radius 1 is 1.03 bits per heavy atom. The van der Waals surface area contributed by atoms with Crippen molar-refractivity contribution in [1.82, 2.24) is 30.0 Å². The number of halogens is 1. The number of hydrogen-bond acceptors (Lipinski definition) is 6. The predicted octanol–water partition coefficient (Wildman–Crippen LogP) is 3.06. The van der Waals surface area contributed by atoms with E-state index in [4.69, 9.17) is 0 Å². The molecule has 0 saturated carbocycles. The van der Waals surface area contributed by atoms with Crippen molar-refractivity contribution < 1.29 is 14.0 Å². The molecule has 0 spiro atoms. The highest BCUT2D eigenvalue weighted by atomic mass is 19.1. The lowest BCUT2D eigenvalue weighted by molar-refractivity contribution is -0.117. The van der Waals surface area contributed by atoms with Crippen molar-refractivity contribution in [2.24, 2.45) is 0 Å². The number of amides is 1. The zero-order chi connectivity index (χ0) is 23.5. The summed E-state index contributed by atoms with van der Waals surface area (Å²) in [6.45, 7) is 0.987. The summed E-state index contributed by atoms with van der Waals surface area (Å²) in [5, 5.41) is 11.6. The van der Waals surface area contributed by atoms with Crippen molar-refractivity contribution in [2.45, 2.75) is 13.1 Å². The fourth-order valence-electron chi connectivity index (χ4n) is 3.72. The number of Topliss-reactive ketones (excluding diaryl/α,β-unsaturated/α-hetero) is 1. The Kier molecular flexibility index (Phi) is 5.69. The molecule has 3 heterocycles. The van der Waals surface area contributed by atoms with Crippen LogP contribution in [0.2, 0.25) is 0 Å². The summed E-state index contributed by atoms with van der Waals surface area (Å²) in [6, 6.07) is 13.5. The van der Waals surface area contributed by atoms with Crippen LogP contribution in [-0.4, -0.2) is 43.0 Å². The molecule has 0 unspecified atom stereocenters. The Morgan fingerprint density at radius 3 is 2.71 bits per heavy atom. The average Bonchev–Trinajstić information content (AvgIpc) is 3.48. The van der Waals surface area contributed by atoms with Gasteiger partial charge in [-0.05, 0) is 23.8 Å². The molecule has 0 bridgehead atoms. The maximum atomic E-state index is 13.1. The number of carbonyl (C=O) groups is 2. The number of nitrogens with zero attached hydrogens (tertiary/aromatic N) is 4. The van der Waals surface area contributed by atoms with Gasteiger partial charge in [0.05, 0.1) is 23.7 Å². The second-order valence-electron chi connectivity index (χ2n) is 7.64. The van der Waals surface area contributed by atoms with Crippen LogP contribution in [0.4, 0.5) is 10.2 Å². The highest BCUT2D eigenvalue weighted by Crippen LogP contribution is 2.20. The molecule has 9 nitrogen and oxygen atoms in total. The second-order valence-corrected chi connectivity index (χ2v) is 7.64. The summed E-state index contributed by atoms with van der Waals surface area (Å²) in [5.41, 5.74) is 2.63. The van der Waals surface area contributed by atoms with Gasteiger partial charge in [0.2, 0.25) is 0 Å². The number of anilines is 1. The summed E-state index contributed by atoms with van der Waals surface area (Å²) >= 11 is 0. The number of nitrogens with one attached hydrogen (secondary N) is 3. The van der Waals surface area contributed by atoms with Crippen molar-refractivity contribution in [3.05, 3.63) is 84.2 Å². The molecule has 10 heteroatoms. The van der Waals surface area contributed by atoms with Gasteiger partial charge in [0, 0.05) is 30.2 Å². The SMILES string of the molecule is O=C(NCCn1ncc2c(NCc3ccc(F)cc3)ncnc21)C(=O)c1c[nH]c2ccccc12. The monoisotopic (exact) mass is 457 g/mol. The predicted molar refractivity (Wildman–Crippen MR) is 125 cm³/mol. The molecule has 5 aromatic rings. The standard InChI is InChI=1S/C24H20FN7O2/c25-16-7-5-15(6-8-16)11-28-22-19-13-31-32(23(19)30-14-29-22)10-9-26-24(34)21(33)18-12-27-20-4-2-1-3-17(18)20/h1-8,12-14,27H,9-11H2,(H,26,34)(H,28,29,30). The number of ketones is 1. The Bertz CT molecular complexity index is 1490. The summed E-state index contributed by atoms with van der Waals surface area (Å²) < 4.78 is 14.7. The average molecular weight is 457 g/mol. The van der Waals surface area contributed by atoms with Gasteiger partial charge in [-0.2, -0.15) is 5.10 Å². The maximum Gasteiger partial charge on any atom is 0.292 e. The number of hydrogen-bond donors (Lipinski definition) is 3. The Hall–Kier alpha value is -4.60. The molecule has 0 aliphatic carbocycles. The van der Waals surface area contributed by atoms with Crippen LogP contribution >= 0.6 is 0 Å². The molecular formula is C24H20FN7O2. The van der Waals surface area contributed by atoms with Gasteiger partial charge in [-0.25, -0.2) is 19.0 Å². The Morgan fingerprint density at radius 2 is 1.85 bits per heavy atom. The first-order valence-corrected chi connectivity index (χ1v) is 10.6. The summed E-state index contributed by atoms with van der Waals surface area (Å²) in [4.78, 5) is 36.5. The molecule has 1 amide bonds. The van der Waals surface area contributed by atoms with Crippen LogP contribution in [0.25, 0.3) is 21.9 Å². The van der Waals surface area contributed by atoms with E-state index in [0.717, 1.165) is 11.1 Å². The molecule has 0 aliphatic rings. The van der Waals surface area contributed by atoms with Gasteiger partial charge >= 0.3 is 0 Å². The number of aromatic nitrogens is 5. The van der Waals surface area contributed by atoms with E-state index in [9.17, 15) is 14.0 Å². The second kappa shape index (κ2) is 9.10. The zero-order valence-corrected chi connectivity index (χ0v) is 18.0. The fraction of sp³-hybridized carbons (Fsp3) is 0.125. The van der Waals surface area contributed by atoms with E-state index < -0.39 is 11.7 Å². The maximum absolute atomic E-state index is 13.1. The number of H-pyrrole nitrogens is 1. The molecule has 2 aromatic carbocycles. The summed E-state index contributed by atoms with van der Waals surface area (Å²) in [7, 11) is 0. The van der Waals surface area contributed by atoms with Gasteiger partial charge in [-0.3, -0.25) is 9.59 Å². The van der Waals surface area contributed by atoms with E-state index >= 15 is 0 Å². The van der Waals surface area contributed by atoms with Crippen LogP contribution in [0.15, 0.2) is 67.3 Å². The molecular weight excluding hydrogens is 437 g/mol. The summed E-state index contributed by atoms with van der Waals surface area (Å²) in [6.07, 6.45) is 4.61. The van der Waals surface area contributed by atoms with E-state index in [0.29, 0.717) is 40.9 Å². The number of carbonyl (C=O) groups excluding carboxylic acids is 2. The molecule has 0 fully saturated rings. The number of benzene rings is 2. The van der Waals surface area contributed by atoms with E-state index in [1.165, 1.54) is 18.5 Å². The van der Waals surface area contributed by atoms with Crippen LogP contribution < -0.4 is 10.6 Å². The van der Waals surface area contributed by atoms with E-state index in [2.05, 4.69) is 30.7 Å². The highest BCUT2D eigenvalue weighted by molar-refractivity contribution is 6.44. The minimum atomic E-state index is -0.683. The fourth-order valence-corrected chi connectivity index (χ4v) is 3.72. The first kappa shape index (κ1) is 21.3. The largest absolute Gasteiger partial charge is 0.365 e. The first-order chi connectivity index (χ1) is 16.6. The van der Waals surface area contributed by atoms with Gasteiger partial charge in [-0.15, -0.1) is 0 Å². The number of rotatable bonds is 8. The Labute approximate surface area is 193 Å². The molecule has 0 aliphatic heterocycles. The quantitative estimate of drug-likeness (QED) is 0.244. The highest BCUT2D eigenvalue weighted by Gasteiger charge is 2.19. The first-order valence-electron chi connectivity index (χ1n) is 10.6. The van der Waals surface area contributed by atoms with Gasteiger partial charge < -0.3 is 15.6 Å². The number of para-hydroxylation sites is 1. The zero-order valence-electron chi connectivity index (χ0n) is 18.0. The number of aromatic amines is 1. The van der Waals surface area contributed by atoms with Gasteiger partial charge in [0.15, 0.2) is 5.65 Å². The Balaban J connectivity index is 1.22. The lowest BCUT2D eigenvalue weighted by atomic mass is 10.1. The van der Waals surface area contributed by atoms with Crippen LogP contribution in [0.3, 0.4) is 0 Å². The van der Waals surface area contributed by atoms with Gasteiger partial charge in [0.1, 0.15) is 18.0 Å². The molecule has 170 valence electrons. The van der Waals surface area contributed by atoms with Gasteiger partial charge in [-0.1, -0.05) is 30.3 Å². The lowest BCUT2D eigenvalue weighted by Gasteiger charge is -2.08. The van der Waals surface area contributed by atoms with E-state index in [1.807, 2.05) is 18.2 Å². The van der Waals surface area contributed by atoms with Crippen LogP contribution in [0, 0.1) is 5.82 Å². The van der Waals surface area contributed by atoms with Gasteiger partial charge in [0.25, 0.3) is 11.7 Å². The van der Waals surface area contributed by atoms with Crippen molar-refractivity contribution in [3.63, 3.8) is 0 Å². The topological polar surface area (TPSA) is 118 Å². The molecule has 3 N–H and O–H groups in total. The smallest absolute Gasteiger partial charge is 0.292 e. The van der Waals surface area contributed by atoms with E-state index in [-0.39, 0.29) is 12.4 Å². The minimum absolute atomic E-state index is 0.200. The van der Waals surface area contributed by atoms with Crippen LogP contribution in [0.1, 0.15) is 15.9 Å². The molecule has 3 aromatic heterocycles. The third-order valence-electron chi connectivity index (χ3n) is 5.46.